The first-order valence-corrected chi connectivity index (χ1v) is 24.7. The van der Waals surface area contributed by atoms with E-state index in [0.29, 0.717) is 0 Å². The van der Waals surface area contributed by atoms with Crippen molar-refractivity contribution < 1.29 is 0 Å². The van der Waals surface area contributed by atoms with Gasteiger partial charge in [-0.1, -0.05) is 218 Å². The summed E-state index contributed by atoms with van der Waals surface area (Å²) in [5, 5.41) is 7.34. The van der Waals surface area contributed by atoms with Crippen LogP contribution in [-0.4, -0.2) is 0 Å². The number of hydrogen-bond donors (Lipinski definition) is 0. The number of anilines is 6. The van der Waals surface area contributed by atoms with Gasteiger partial charge in [0.15, 0.2) is 0 Å². The predicted octanol–water partition coefficient (Wildman–Crippen LogP) is 19.8. The lowest BCUT2D eigenvalue weighted by atomic mass is 9.85. The Balaban J connectivity index is 0.958. The van der Waals surface area contributed by atoms with Gasteiger partial charge in [-0.3, -0.25) is 0 Å². The summed E-state index contributed by atoms with van der Waals surface area (Å²) >= 11 is 0. The van der Waals surface area contributed by atoms with Crippen molar-refractivity contribution in [2.75, 3.05) is 9.80 Å². The smallest absolute Gasteiger partial charge is 0.0462 e. The van der Waals surface area contributed by atoms with Gasteiger partial charge in [-0.25, -0.2) is 0 Å². The first-order valence-electron chi connectivity index (χ1n) is 24.7. The van der Waals surface area contributed by atoms with Gasteiger partial charge in [-0.15, -0.1) is 0 Å². The fourth-order valence-electron chi connectivity index (χ4n) is 10.1. The van der Waals surface area contributed by atoms with E-state index in [4.69, 9.17) is 0 Å². The van der Waals surface area contributed by atoms with Crippen molar-refractivity contribution in [3.63, 3.8) is 0 Å². The van der Waals surface area contributed by atoms with E-state index in [9.17, 15) is 0 Å². The summed E-state index contributed by atoms with van der Waals surface area (Å²) in [5.74, 6) is 0. The minimum Gasteiger partial charge on any atom is -0.311 e. The van der Waals surface area contributed by atoms with Crippen LogP contribution in [-0.2, 0) is 0 Å². The van der Waals surface area contributed by atoms with Crippen LogP contribution in [0.3, 0.4) is 0 Å². The Hall–Kier alpha value is -9.50. The van der Waals surface area contributed by atoms with E-state index >= 15 is 0 Å². The van der Waals surface area contributed by atoms with Crippen molar-refractivity contribution in [3.8, 4) is 22.3 Å². The fourth-order valence-corrected chi connectivity index (χ4v) is 10.1. The average molecular weight is 919 g/mol. The van der Waals surface area contributed by atoms with Gasteiger partial charge in [0.1, 0.15) is 0 Å². The van der Waals surface area contributed by atoms with Gasteiger partial charge in [0.25, 0.3) is 0 Å². The molecule has 2 nitrogen and oxygen atoms in total. The zero-order valence-electron chi connectivity index (χ0n) is 39.8. The van der Waals surface area contributed by atoms with E-state index in [0.717, 1.165) is 45.3 Å². The number of benzene rings is 12. The van der Waals surface area contributed by atoms with Crippen molar-refractivity contribution in [1.82, 2.24) is 0 Å². The maximum absolute atomic E-state index is 2.40. The average Bonchev–Trinajstić information content (AvgIpc) is 3.45. The summed E-state index contributed by atoms with van der Waals surface area (Å²) < 4.78 is 0. The monoisotopic (exact) mass is 918 g/mol. The van der Waals surface area contributed by atoms with Crippen LogP contribution in [0, 0.1) is 0 Å². The second-order valence-corrected chi connectivity index (χ2v) is 18.1. The molecule has 0 saturated carbocycles. The van der Waals surface area contributed by atoms with Crippen LogP contribution in [0.2, 0.25) is 0 Å². The third-order valence-corrected chi connectivity index (χ3v) is 13.6. The minimum absolute atomic E-state index is 1.08. The molecule has 2 heteroatoms. The first-order chi connectivity index (χ1) is 35.7. The molecule has 12 aromatic carbocycles. The van der Waals surface area contributed by atoms with Gasteiger partial charge in [0.05, 0.1) is 0 Å². The lowest BCUT2D eigenvalue weighted by molar-refractivity contribution is 1.28. The molecule has 72 heavy (non-hydrogen) atoms. The number of rotatable bonds is 12. The molecule has 0 radical (unpaired) electrons. The molecule has 340 valence electrons. The van der Waals surface area contributed by atoms with Crippen LogP contribution >= 0.6 is 0 Å². The molecule has 0 saturated heterocycles. The molecule has 0 aliphatic heterocycles. The second kappa shape index (κ2) is 19.8. The molecular formula is C70H50N2. The zero-order valence-corrected chi connectivity index (χ0v) is 39.8. The van der Waals surface area contributed by atoms with Gasteiger partial charge in [0.2, 0.25) is 0 Å². The molecule has 0 spiro atoms. The summed E-state index contributed by atoms with van der Waals surface area (Å²) in [6.45, 7) is 0. The Bertz CT molecular complexity index is 3710. The highest BCUT2D eigenvalue weighted by atomic mass is 15.1. The third-order valence-electron chi connectivity index (χ3n) is 13.6. The number of hydrogen-bond acceptors (Lipinski definition) is 2. The van der Waals surface area contributed by atoms with Crippen LogP contribution in [0.1, 0.15) is 22.3 Å². The summed E-state index contributed by atoms with van der Waals surface area (Å²) in [5.41, 5.74) is 16.0. The number of para-hydroxylation sites is 2. The van der Waals surface area contributed by atoms with Gasteiger partial charge in [-0.05, 0) is 162 Å². The number of nitrogens with zero attached hydrogens (tertiary/aromatic N) is 2. The molecule has 0 heterocycles. The number of fused-ring (bicyclic) bond motifs is 3. The van der Waals surface area contributed by atoms with Gasteiger partial charge in [-0.2, -0.15) is 0 Å². The van der Waals surface area contributed by atoms with E-state index in [2.05, 4.69) is 313 Å². The van der Waals surface area contributed by atoms with Crippen LogP contribution < -0.4 is 9.80 Å². The van der Waals surface area contributed by atoms with E-state index < -0.39 is 0 Å². The van der Waals surface area contributed by atoms with Crippen molar-refractivity contribution >= 4 is 90.7 Å². The van der Waals surface area contributed by atoms with Crippen LogP contribution in [0.25, 0.3) is 78.9 Å². The van der Waals surface area contributed by atoms with E-state index in [1.54, 1.807) is 0 Å². The van der Waals surface area contributed by atoms with Gasteiger partial charge < -0.3 is 9.80 Å². The first kappa shape index (κ1) is 43.8. The summed E-state index contributed by atoms with van der Waals surface area (Å²) in [6, 6.07) is 101. The largest absolute Gasteiger partial charge is 0.311 e. The molecule has 12 rings (SSSR count). The molecule has 0 bridgehead atoms. The Labute approximate surface area is 422 Å². The predicted molar refractivity (Wildman–Crippen MR) is 310 cm³/mol. The van der Waals surface area contributed by atoms with E-state index in [-0.39, 0.29) is 0 Å². The van der Waals surface area contributed by atoms with Gasteiger partial charge >= 0.3 is 0 Å². The molecule has 0 unspecified atom stereocenters. The molecule has 0 N–H and O–H groups in total. The van der Waals surface area contributed by atoms with Crippen molar-refractivity contribution in [2.24, 2.45) is 0 Å². The highest BCUT2D eigenvalue weighted by Gasteiger charge is 2.20. The van der Waals surface area contributed by atoms with Crippen LogP contribution in [0.15, 0.2) is 279 Å². The van der Waals surface area contributed by atoms with E-state index in [1.165, 1.54) is 65.7 Å². The van der Waals surface area contributed by atoms with Crippen molar-refractivity contribution in [1.29, 1.82) is 0 Å². The Morgan fingerprint density at radius 1 is 0.208 bits per heavy atom. The molecule has 0 aliphatic carbocycles. The zero-order chi connectivity index (χ0) is 48.1. The topological polar surface area (TPSA) is 6.48 Å². The Kier molecular flexibility index (Phi) is 12.1. The van der Waals surface area contributed by atoms with Crippen LogP contribution in [0.5, 0.6) is 0 Å². The Morgan fingerprint density at radius 3 is 0.819 bits per heavy atom. The standard InChI is InChI=1S/C70H50N2/c1-5-17-51(18-6-1)29-31-53-33-41-61(42-34-53)72(62-43-35-54(36-44-62)32-30-52-19-7-2-8-20-52)64-47-39-56(40-48-64)70-66-28-16-15-27-65(66)69(67-49-57-21-13-14-22-58(57)50-68(67)70)55-37-45-63(46-38-55)71(59-23-9-3-10-24-59)60-25-11-4-12-26-60/h1-50H. The molecule has 0 amide bonds. The lowest BCUT2D eigenvalue weighted by Gasteiger charge is -2.26. The van der Waals surface area contributed by atoms with Gasteiger partial charge in [0, 0.05) is 34.1 Å². The van der Waals surface area contributed by atoms with Crippen molar-refractivity contribution in [3.05, 3.63) is 301 Å². The maximum Gasteiger partial charge on any atom is 0.0462 e. The lowest BCUT2D eigenvalue weighted by Crippen LogP contribution is -2.09. The highest BCUT2D eigenvalue weighted by Crippen LogP contribution is 2.47. The summed E-state index contributed by atoms with van der Waals surface area (Å²) in [6.07, 6.45) is 8.68. The Morgan fingerprint density at radius 2 is 0.472 bits per heavy atom. The second-order valence-electron chi connectivity index (χ2n) is 18.1. The molecular weight excluding hydrogens is 869 g/mol. The molecule has 0 aliphatic rings. The normalized spacial score (nSPS) is 11.5. The molecule has 0 aromatic heterocycles. The van der Waals surface area contributed by atoms with Crippen molar-refractivity contribution in [2.45, 2.75) is 0 Å². The van der Waals surface area contributed by atoms with E-state index in [1.807, 2.05) is 0 Å². The fraction of sp³-hybridized carbons (Fsp3) is 0. The third kappa shape index (κ3) is 8.97. The highest BCUT2D eigenvalue weighted by molar-refractivity contribution is 6.23. The summed E-state index contributed by atoms with van der Waals surface area (Å²) in [7, 11) is 0. The maximum atomic E-state index is 2.40. The molecule has 0 fully saturated rings. The quantitative estimate of drug-likeness (QED) is 0.0890. The molecule has 0 atom stereocenters. The van der Waals surface area contributed by atoms with Crippen LogP contribution in [0.4, 0.5) is 34.1 Å². The summed E-state index contributed by atoms with van der Waals surface area (Å²) in [4.78, 5) is 4.67. The molecule has 12 aromatic rings. The minimum atomic E-state index is 1.08. The SMILES string of the molecule is C(=Cc1ccc(N(c2ccc(C=Cc3ccccc3)cc2)c2ccc(-c3c4ccccc4c(-c4ccc(N(c5ccccc5)c5ccccc5)cc4)c4cc5ccccc5cc34)cc2)cc1)c1ccccc1.